The van der Waals surface area contributed by atoms with Crippen LogP contribution < -0.4 is 96.5 Å². The lowest BCUT2D eigenvalue weighted by atomic mass is 9.90. The lowest BCUT2D eigenvalue weighted by Crippen LogP contribution is -2.48. The zero-order chi connectivity index (χ0) is 102. The van der Waals surface area contributed by atoms with Gasteiger partial charge in [0.1, 0.15) is 45.7 Å². The Hall–Kier alpha value is -15.9. The van der Waals surface area contributed by atoms with Gasteiger partial charge in [0, 0.05) is 163 Å². The number of benzene rings is 1. The van der Waals surface area contributed by atoms with Gasteiger partial charge in [0.15, 0.2) is 81.0 Å². The number of carbonyl (C=O) groups excluding carboxylic acids is 4. The van der Waals surface area contributed by atoms with Crippen LogP contribution in [0.3, 0.4) is 0 Å². The second-order valence-corrected chi connectivity index (χ2v) is 35.1. The highest BCUT2D eigenvalue weighted by Crippen LogP contribution is 2.41. The van der Waals surface area contributed by atoms with Crippen LogP contribution in [0, 0.1) is 17.6 Å². The predicted molar refractivity (Wildman–Crippen MR) is 521 cm³/mol. The van der Waals surface area contributed by atoms with E-state index >= 15 is 0 Å². The molecule has 12 aromatic heterocycles. The van der Waals surface area contributed by atoms with E-state index in [0.29, 0.717) is 66.2 Å². The van der Waals surface area contributed by atoms with E-state index in [-0.39, 0.29) is 153 Å². The van der Waals surface area contributed by atoms with Gasteiger partial charge in [0.05, 0.1) is 65.0 Å². The molecule has 4 amide bonds. The highest BCUT2D eigenvalue weighted by molar-refractivity contribution is 6.10. The molecule has 17 heterocycles. The molecule has 0 spiro atoms. The number of hydrogen-bond donors (Lipinski definition) is 13. The van der Waals surface area contributed by atoms with Gasteiger partial charge in [-0.2, -0.15) is 26.3 Å². The van der Waals surface area contributed by atoms with Crippen molar-refractivity contribution in [3.05, 3.63) is 205 Å². The summed E-state index contributed by atoms with van der Waals surface area (Å²) in [4.78, 5) is 133. The van der Waals surface area contributed by atoms with Crippen LogP contribution in [-0.4, -0.2) is 217 Å². The van der Waals surface area contributed by atoms with E-state index < -0.39 is 70.5 Å². The first-order chi connectivity index (χ1) is 68.2. The molecule has 13 aromatic rings. The lowest BCUT2D eigenvalue weighted by Gasteiger charge is -2.38. The molecule has 1 aromatic carbocycles. The molecule has 2 atom stereocenters. The molecular formula is C94H103F10N35O4. The third-order valence-electron chi connectivity index (χ3n) is 24.7. The molecule has 0 radical (unpaired) electrons. The summed E-state index contributed by atoms with van der Waals surface area (Å²) in [6.07, 6.45) is 10.2. The number of rotatable bonds is 19. The summed E-state index contributed by atoms with van der Waals surface area (Å²) in [5.74, 6) is -5.36. The summed E-state index contributed by atoms with van der Waals surface area (Å²) in [6, 6.07) is 25.6. The molecule has 0 aliphatic carbocycles. The minimum Gasteiger partial charge on any atom is -0.382 e. The SMILES string of the molecule is CC1(N)CCN(c2cccnc2NC(=O)c2nc(-c3nc(N4CCC(F)(F)CC4)ncc3F)cnc2N)CC1.CCC1CN(c2cccnc2NC(=O)c2nc(-c3ncccc3F)cnc2N)CCC1N.CN(C)c1ccc(C(F)(F)F)c(-c2cnc(N)c(C(=O)Nc3ncccc3N3CCC(N)CC3)n2)n1.Nc1ncc(-c2cccc3[nH]c(C(F)(F)F)cc23)nc1C(=O)Nc1ncccc1N1CCC(N)CC1. The fraction of sp³-hybridized carbons (Fsp3) is 0.340. The number of nitrogens with one attached hydrogen (secondary N) is 5. The number of H-pyrrole nitrogens is 1. The third-order valence-corrected chi connectivity index (χ3v) is 24.7. The van der Waals surface area contributed by atoms with Crippen molar-refractivity contribution >= 4 is 116 Å². The summed E-state index contributed by atoms with van der Waals surface area (Å²) in [5.41, 5.74) is 48.1. The molecule has 5 aliphatic heterocycles. The number of hydrogen-bond acceptors (Lipinski definition) is 34. The summed E-state index contributed by atoms with van der Waals surface area (Å²) in [7, 11) is 3.29. The maximum atomic E-state index is 14.8. The molecule has 18 rings (SSSR count). The predicted octanol–water partition coefficient (Wildman–Crippen LogP) is 11.9. The Bertz CT molecular complexity index is 6770. The highest BCUT2D eigenvalue weighted by Gasteiger charge is 2.40. The van der Waals surface area contributed by atoms with Crippen LogP contribution in [0.15, 0.2) is 159 Å². The molecule has 5 fully saturated rings. The van der Waals surface area contributed by atoms with Crippen molar-refractivity contribution in [1.82, 2.24) is 84.7 Å². The molecule has 143 heavy (non-hydrogen) atoms. The number of alkyl halides is 8. The quantitative estimate of drug-likeness (QED) is 0.0334. The zero-order valence-corrected chi connectivity index (χ0v) is 77.8. The maximum absolute atomic E-state index is 14.8. The number of anilines is 14. The van der Waals surface area contributed by atoms with E-state index in [4.69, 9.17) is 45.9 Å². The molecule has 0 saturated carbocycles. The summed E-state index contributed by atoms with van der Waals surface area (Å²) < 4.78 is 137. The number of fused-ring (bicyclic) bond motifs is 1. The van der Waals surface area contributed by atoms with Crippen LogP contribution in [-0.2, 0) is 12.4 Å². The number of pyridine rings is 6. The van der Waals surface area contributed by atoms with Gasteiger partial charge < -0.3 is 102 Å². The Balaban J connectivity index is 0.000000144. The third kappa shape index (κ3) is 24.4. The molecule has 5 saturated heterocycles. The van der Waals surface area contributed by atoms with Gasteiger partial charge in [-0.05, 0) is 143 Å². The minimum absolute atomic E-state index is 0.0113. The highest BCUT2D eigenvalue weighted by atomic mass is 19.4. The van der Waals surface area contributed by atoms with Crippen LogP contribution in [0.5, 0.6) is 0 Å². The van der Waals surface area contributed by atoms with Gasteiger partial charge in [-0.1, -0.05) is 25.5 Å². The van der Waals surface area contributed by atoms with Crippen LogP contribution in [0.4, 0.5) is 125 Å². The van der Waals surface area contributed by atoms with Gasteiger partial charge in [0.25, 0.3) is 29.6 Å². The molecule has 5 aliphatic rings. The maximum Gasteiger partial charge on any atom is 0.431 e. The Morgan fingerprint density at radius 1 is 0.448 bits per heavy atom. The Labute approximate surface area is 811 Å². The standard InChI is InChI=1S/C25H29F3N10O.C24H23F3N8O.C23H26F3N9O.C22H25FN8O/c1-24(30)4-9-37(10-5-24)17-3-2-8-31-21(17)36-22(39)19-20(29)32-14-16(34-19)18-15(26)13-33-23(35-18)38-11-6-25(27,28)7-12-38;25-24(26,27)19-11-15-14(3-1-4-16(15)32-19)17-12-31-21(29)20(33-17)23(36)34-22-18(5-2-8-30-22)35-9-6-13(28)7-10-35;1-34(2)17-6-5-14(23(24,25)26)18(32-17)15-12-30-20(28)19(31-15)22(36)33-21-16(4-3-9-29-21)35-10-7-13(27)8-11-35;1-2-13-12-31(10-7-15(13)24)17-6-4-9-27-21(17)30-22(32)19-20(25)28-11-16(29-19)18-14(23)5-3-8-26-18/h2-3,8,13-14H,4-7,9-12,30H2,1H3,(H2,29,32)(H,31,36,39);1-5,8,11-13,32H,6-7,9-10,28H2,(H2,29,31)(H,30,34,36);3-6,9,12-13H,7-8,10-11,27H2,1-2H3,(H2,28,30)(H,29,33,36);3-6,8-9,11,13,15H,2,7,10,12,24H2,1H3,(H2,25,28)(H,27,30,32). The Kier molecular flexibility index (Phi) is 30.8. The summed E-state index contributed by atoms with van der Waals surface area (Å²) in [5, 5.41) is 11.2. The van der Waals surface area contributed by atoms with Gasteiger partial charge in [-0.3, -0.25) is 24.2 Å². The normalized spacial score (nSPS) is 16.6. The van der Waals surface area contributed by atoms with Crippen molar-refractivity contribution in [2.45, 2.75) is 120 Å². The monoisotopic (exact) mass is 1980 g/mol. The van der Waals surface area contributed by atoms with Crippen molar-refractivity contribution in [2.75, 3.05) is 153 Å². The topological polar surface area (TPSA) is 566 Å². The molecule has 21 N–H and O–H groups in total. The summed E-state index contributed by atoms with van der Waals surface area (Å²) in [6.45, 7) is 9.97. The molecule has 39 nitrogen and oxygen atoms in total. The molecule has 748 valence electrons. The summed E-state index contributed by atoms with van der Waals surface area (Å²) >= 11 is 0. The van der Waals surface area contributed by atoms with Gasteiger partial charge in [0.2, 0.25) is 5.95 Å². The second kappa shape index (κ2) is 43.4. The van der Waals surface area contributed by atoms with Crippen molar-refractivity contribution in [1.29, 1.82) is 0 Å². The number of halogens is 10. The largest absolute Gasteiger partial charge is 0.431 e. The number of nitrogen functional groups attached to an aromatic ring is 4. The number of carbonyl (C=O) groups is 4. The molecule has 0 bridgehead atoms. The fourth-order valence-corrected chi connectivity index (χ4v) is 16.6. The van der Waals surface area contributed by atoms with Crippen LogP contribution in [0.1, 0.15) is 131 Å². The van der Waals surface area contributed by atoms with Crippen LogP contribution >= 0.6 is 0 Å². The van der Waals surface area contributed by atoms with Gasteiger partial charge in [-0.15, -0.1) is 0 Å². The second-order valence-electron chi connectivity index (χ2n) is 35.1. The smallest absolute Gasteiger partial charge is 0.382 e. The van der Waals surface area contributed by atoms with Crippen LogP contribution in [0.25, 0.3) is 56.3 Å². The van der Waals surface area contributed by atoms with E-state index in [2.05, 4.69) is 133 Å². The van der Waals surface area contributed by atoms with E-state index in [0.717, 1.165) is 119 Å². The molecular weight excluding hydrogens is 1870 g/mol. The van der Waals surface area contributed by atoms with Crippen LogP contribution in [0.2, 0.25) is 0 Å². The average molecular weight is 1980 g/mol. The van der Waals surface area contributed by atoms with Gasteiger partial charge >= 0.3 is 12.4 Å². The van der Waals surface area contributed by atoms with Gasteiger partial charge in [-0.25, -0.2) is 92.3 Å². The lowest BCUT2D eigenvalue weighted by molar-refractivity contribution is -0.140. The number of piperidine rings is 5. The number of nitrogens with zero attached hydrogens (tertiary/aromatic N) is 22. The number of aromatic nitrogens is 17. The van der Waals surface area contributed by atoms with Crippen molar-refractivity contribution in [3.63, 3.8) is 0 Å². The van der Waals surface area contributed by atoms with E-state index in [1.165, 1.54) is 55.2 Å². The molecule has 2 unspecified atom stereocenters. The number of nitrogens with two attached hydrogens (primary N) is 8. The van der Waals surface area contributed by atoms with E-state index in [9.17, 15) is 63.1 Å². The molecule has 49 heteroatoms. The average Bonchev–Trinajstić information content (AvgIpc) is 1.77. The first kappa shape index (κ1) is 101. The fourth-order valence-electron chi connectivity index (χ4n) is 16.6. The number of aromatic amines is 1. The number of amides is 4. The van der Waals surface area contributed by atoms with Crippen molar-refractivity contribution in [2.24, 2.45) is 28.9 Å². The first-order valence-electron chi connectivity index (χ1n) is 45.6. The van der Waals surface area contributed by atoms with E-state index in [1.807, 2.05) is 37.3 Å². The zero-order valence-electron chi connectivity index (χ0n) is 77.8. The first-order valence-corrected chi connectivity index (χ1v) is 45.6. The van der Waals surface area contributed by atoms with Crippen molar-refractivity contribution < 1.29 is 63.1 Å². The Morgan fingerprint density at radius 3 is 1.31 bits per heavy atom. The van der Waals surface area contributed by atoms with E-state index in [1.54, 1.807) is 72.8 Å². The Morgan fingerprint density at radius 2 is 0.860 bits per heavy atom. The van der Waals surface area contributed by atoms with Crippen molar-refractivity contribution in [3.8, 4) is 45.4 Å². The minimum atomic E-state index is -4.70.